The maximum absolute atomic E-state index is 12.3. The Morgan fingerprint density at radius 2 is 2.00 bits per heavy atom. The number of rotatable bonds is 3. The Morgan fingerprint density at radius 3 is 2.43 bits per heavy atom. The van der Waals surface area contributed by atoms with E-state index in [1.807, 2.05) is 0 Å². The van der Waals surface area contributed by atoms with Crippen LogP contribution in [0.2, 0.25) is 0 Å². The zero-order valence-corrected chi connectivity index (χ0v) is 9.38. The number of carbonyl (C=O) groups is 1. The minimum atomic E-state index is 0.0685. The highest BCUT2D eigenvalue weighted by atomic mass is 16.2. The van der Waals surface area contributed by atoms with E-state index in [1.165, 1.54) is 12.8 Å². The van der Waals surface area contributed by atoms with Gasteiger partial charge >= 0.3 is 0 Å². The van der Waals surface area contributed by atoms with Crippen molar-refractivity contribution >= 4 is 5.91 Å². The zero-order valence-electron chi connectivity index (χ0n) is 9.38. The molecule has 0 aromatic carbocycles. The second kappa shape index (κ2) is 3.56. The van der Waals surface area contributed by atoms with E-state index in [-0.39, 0.29) is 5.41 Å². The summed E-state index contributed by atoms with van der Waals surface area (Å²) in [4.78, 5) is 14.4. The molecule has 0 spiro atoms. The average Bonchev–Trinajstić information content (AvgIpc) is 2.68. The van der Waals surface area contributed by atoms with Crippen LogP contribution in [-0.2, 0) is 4.79 Å². The summed E-state index contributed by atoms with van der Waals surface area (Å²) in [5.74, 6) is 1.10. The summed E-state index contributed by atoms with van der Waals surface area (Å²) >= 11 is 0. The molecule has 1 unspecified atom stereocenters. The van der Waals surface area contributed by atoms with Crippen molar-refractivity contribution in [1.29, 1.82) is 0 Å². The summed E-state index contributed by atoms with van der Waals surface area (Å²) in [5.41, 5.74) is 0.0685. The molecule has 1 saturated carbocycles. The second-order valence-corrected chi connectivity index (χ2v) is 5.01. The van der Waals surface area contributed by atoms with Gasteiger partial charge in [-0.15, -0.1) is 0 Å². The summed E-state index contributed by atoms with van der Waals surface area (Å²) < 4.78 is 0. The molecule has 0 N–H and O–H groups in total. The Hall–Kier alpha value is -0.530. The van der Waals surface area contributed by atoms with Crippen molar-refractivity contribution < 1.29 is 4.79 Å². The van der Waals surface area contributed by atoms with Crippen molar-refractivity contribution in [1.82, 2.24) is 4.90 Å². The monoisotopic (exact) mass is 195 g/mol. The van der Waals surface area contributed by atoms with Gasteiger partial charge in [-0.2, -0.15) is 0 Å². The number of likely N-dealkylation sites (tertiary alicyclic amines) is 1. The van der Waals surface area contributed by atoms with Gasteiger partial charge in [-0.3, -0.25) is 4.79 Å². The van der Waals surface area contributed by atoms with E-state index in [0.29, 0.717) is 11.8 Å². The van der Waals surface area contributed by atoms with Gasteiger partial charge < -0.3 is 4.90 Å². The quantitative estimate of drug-likeness (QED) is 0.677. The van der Waals surface area contributed by atoms with E-state index in [4.69, 9.17) is 0 Å². The maximum Gasteiger partial charge on any atom is 0.229 e. The Balaban J connectivity index is 2.01. The molecule has 0 bridgehead atoms. The first-order chi connectivity index (χ1) is 6.70. The van der Waals surface area contributed by atoms with Gasteiger partial charge in [0.15, 0.2) is 0 Å². The molecule has 80 valence electrons. The van der Waals surface area contributed by atoms with Crippen molar-refractivity contribution in [2.24, 2.45) is 11.3 Å². The number of carbonyl (C=O) groups excluding carboxylic acids is 1. The molecule has 2 nitrogen and oxygen atoms in total. The van der Waals surface area contributed by atoms with Crippen LogP contribution in [-0.4, -0.2) is 23.9 Å². The highest BCUT2D eigenvalue weighted by Gasteiger charge is 2.57. The van der Waals surface area contributed by atoms with Crippen molar-refractivity contribution in [3.05, 3.63) is 0 Å². The minimum Gasteiger partial charge on any atom is -0.342 e. The lowest BCUT2D eigenvalue weighted by molar-refractivity contribution is -0.136. The first kappa shape index (κ1) is 10.0. The summed E-state index contributed by atoms with van der Waals surface area (Å²) in [5, 5.41) is 0. The Morgan fingerprint density at radius 1 is 1.43 bits per heavy atom. The fraction of sp³-hybridized carbons (Fsp3) is 0.917. The van der Waals surface area contributed by atoms with Crippen molar-refractivity contribution in [2.75, 3.05) is 13.1 Å². The topological polar surface area (TPSA) is 20.3 Å². The van der Waals surface area contributed by atoms with Crippen LogP contribution in [0.3, 0.4) is 0 Å². The molecule has 1 amide bonds. The molecule has 0 radical (unpaired) electrons. The second-order valence-electron chi connectivity index (χ2n) is 5.01. The van der Waals surface area contributed by atoms with Gasteiger partial charge in [-0.05, 0) is 31.6 Å². The lowest BCUT2D eigenvalue weighted by atomic mass is 9.96. The van der Waals surface area contributed by atoms with Crippen LogP contribution in [0.15, 0.2) is 0 Å². The molecule has 1 aliphatic carbocycles. The van der Waals surface area contributed by atoms with E-state index in [0.717, 1.165) is 32.4 Å². The van der Waals surface area contributed by atoms with Gasteiger partial charge in [0, 0.05) is 13.1 Å². The predicted octanol–water partition coefficient (Wildman–Crippen LogP) is 2.44. The molecule has 1 saturated heterocycles. The highest BCUT2D eigenvalue weighted by Crippen LogP contribution is 2.56. The van der Waals surface area contributed by atoms with Gasteiger partial charge in [-0.25, -0.2) is 0 Å². The van der Waals surface area contributed by atoms with Crippen LogP contribution in [0.5, 0.6) is 0 Å². The van der Waals surface area contributed by atoms with Crippen LogP contribution < -0.4 is 0 Å². The number of hydrogen-bond acceptors (Lipinski definition) is 1. The molecule has 0 aromatic rings. The third kappa shape index (κ3) is 1.45. The van der Waals surface area contributed by atoms with E-state index in [1.54, 1.807) is 0 Å². The first-order valence-corrected chi connectivity index (χ1v) is 6.00. The minimum absolute atomic E-state index is 0.0685. The molecular weight excluding hydrogens is 174 g/mol. The molecule has 2 heteroatoms. The van der Waals surface area contributed by atoms with Crippen LogP contribution >= 0.6 is 0 Å². The van der Waals surface area contributed by atoms with Gasteiger partial charge in [0.25, 0.3) is 0 Å². The molecule has 2 atom stereocenters. The van der Waals surface area contributed by atoms with Crippen LogP contribution in [0.25, 0.3) is 0 Å². The first-order valence-electron chi connectivity index (χ1n) is 6.00. The molecule has 1 heterocycles. The van der Waals surface area contributed by atoms with Gasteiger partial charge in [0.2, 0.25) is 5.91 Å². The predicted molar refractivity (Wildman–Crippen MR) is 56.9 cm³/mol. The highest BCUT2D eigenvalue weighted by molar-refractivity contribution is 5.86. The third-order valence-electron chi connectivity index (χ3n) is 3.97. The van der Waals surface area contributed by atoms with Crippen LogP contribution in [0.4, 0.5) is 0 Å². The smallest absolute Gasteiger partial charge is 0.229 e. The number of nitrogens with zero attached hydrogens (tertiary/aromatic N) is 1. The molecule has 14 heavy (non-hydrogen) atoms. The Labute approximate surface area is 86.7 Å². The molecule has 2 rings (SSSR count). The number of amides is 1. The summed E-state index contributed by atoms with van der Waals surface area (Å²) in [6.07, 6.45) is 5.80. The van der Waals surface area contributed by atoms with Crippen LogP contribution in [0.1, 0.15) is 46.0 Å². The van der Waals surface area contributed by atoms with Crippen molar-refractivity contribution in [3.63, 3.8) is 0 Å². The van der Waals surface area contributed by atoms with E-state index >= 15 is 0 Å². The van der Waals surface area contributed by atoms with Crippen molar-refractivity contribution in [2.45, 2.75) is 46.0 Å². The van der Waals surface area contributed by atoms with Gasteiger partial charge in [0.1, 0.15) is 0 Å². The van der Waals surface area contributed by atoms with E-state index in [2.05, 4.69) is 18.7 Å². The summed E-state index contributed by atoms with van der Waals surface area (Å²) in [7, 11) is 0. The number of hydrogen-bond donors (Lipinski definition) is 0. The molecule has 2 fully saturated rings. The normalized spacial score (nSPS) is 36.1. The van der Waals surface area contributed by atoms with Gasteiger partial charge in [-0.1, -0.05) is 20.3 Å². The summed E-state index contributed by atoms with van der Waals surface area (Å²) in [6, 6.07) is 0. The van der Waals surface area contributed by atoms with E-state index < -0.39 is 0 Å². The Kier molecular flexibility index (Phi) is 2.54. The molecule has 2 aliphatic rings. The SMILES string of the molecule is CCC[C@]1(C(=O)N2CCCC2)CC1C. The Bertz CT molecular complexity index is 232. The summed E-state index contributed by atoms with van der Waals surface area (Å²) in [6.45, 7) is 6.43. The molecular formula is C12H21NO. The van der Waals surface area contributed by atoms with E-state index in [9.17, 15) is 4.79 Å². The molecule has 1 aliphatic heterocycles. The standard InChI is InChI=1S/C12H21NO/c1-3-6-12(9-10(12)2)11(14)13-7-4-5-8-13/h10H,3-9H2,1-2H3/t10?,12-/m0/s1. The van der Waals surface area contributed by atoms with Crippen LogP contribution in [0, 0.1) is 11.3 Å². The lowest BCUT2D eigenvalue weighted by Gasteiger charge is -2.23. The lowest BCUT2D eigenvalue weighted by Crippen LogP contribution is -2.35. The third-order valence-corrected chi connectivity index (χ3v) is 3.97. The van der Waals surface area contributed by atoms with Gasteiger partial charge in [0.05, 0.1) is 5.41 Å². The fourth-order valence-corrected chi connectivity index (χ4v) is 2.92. The maximum atomic E-state index is 12.3. The molecule has 0 aromatic heterocycles. The fourth-order valence-electron chi connectivity index (χ4n) is 2.92. The largest absolute Gasteiger partial charge is 0.342 e. The average molecular weight is 195 g/mol. The van der Waals surface area contributed by atoms with Crippen molar-refractivity contribution in [3.8, 4) is 0 Å². The zero-order chi connectivity index (χ0) is 10.2.